The maximum atomic E-state index is 9.36. The van der Waals surface area contributed by atoms with Crippen molar-refractivity contribution < 1.29 is 5.11 Å². The smallest absolute Gasteiger partial charge is 0.0597 e. The predicted octanol–water partition coefficient (Wildman–Crippen LogP) is 0.979. The number of rotatable bonds is 6. The van der Waals surface area contributed by atoms with Gasteiger partial charge < -0.3 is 10.4 Å². The molecular formula is C11H21N3O. The van der Waals surface area contributed by atoms with Gasteiger partial charge >= 0.3 is 0 Å². The summed E-state index contributed by atoms with van der Waals surface area (Å²) < 4.78 is 1.89. The fourth-order valence-corrected chi connectivity index (χ4v) is 1.52. The predicted molar refractivity (Wildman–Crippen MR) is 60.6 cm³/mol. The number of aryl methyl sites for hydroxylation is 2. The first-order chi connectivity index (χ1) is 7.13. The maximum Gasteiger partial charge on any atom is 0.0597 e. The van der Waals surface area contributed by atoms with Crippen molar-refractivity contribution in [2.45, 2.75) is 39.3 Å². The highest BCUT2D eigenvalue weighted by molar-refractivity contribution is 5.08. The van der Waals surface area contributed by atoms with E-state index in [9.17, 15) is 5.11 Å². The molecule has 1 unspecified atom stereocenters. The summed E-state index contributed by atoms with van der Waals surface area (Å²) in [5.41, 5.74) is 2.22. The molecule has 1 heterocycles. The molecule has 0 aliphatic carbocycles. The van der Waals surface area contributed by atoms with E-state index in [1.807, 2.05) is 25.6 Å². The van der Waals surface area contributed by atoms with E-state index in [1.54, 1.807) is 0 Å². The van der Waals surface area contributed by atoms with Gasteiger partial charge in [0, 0.05) is 13.6 Å². The third-order valence-corrected chi connectivity index (χ3v) is 2.53. The Kier molecular flexibility index (Phi) is 4.78. The van der Waals surface area contributed by atoms with Crippen LogP contribution in [0.25, 0.3) is 0 Å². The molecule has 1 aromatic heterocycles. The summed E-state index contributed by atoms with van der Waals surface area (Å²) in [6.45, 7) is 5.65. The lowest BCUT2D eigenvalue weighted by atomic mass is 10.2. The third kappa shape index (κ3) is 4.01. The van der Waals surface area contributed by atoms with E-state index in [0.717, 1.165) is 31.6 Å². The molecule has 1 atom stereocenters. The van der Waals surface area contributed by atoms with Gasteiger partial charge in [0.15, 0.2) is 0 Å². The van der Waals surface area contributed by atoms with Crippen LogP contribution in [-0.4, -0.2) is 27.5 Å². The van der Waals surface area contributed by atoms with Crippen molar-refractivity contribution >= 4 is 0 Å². The van der Waals surface area contributed by atoms with E-state index in [1.165, 1.54) is 5.69 Å². The molecule has 0 spiro atoms. The molecule has 4 heteroatoms. The van der Waals surface area contributed by atoms with E-state index < -0.39 is 0 Å². The quantitative estimate of drug-likeness (QED) is 0.690. The summed E-state index contributed by atoms with van der Waals surface area (Å²) in [6, 6.07) is 2.07. The molecule has 1 rings (SSSR count). The number of aliphatic hydroxyl groups is 1. The molecule has 2 N–H and O–H groups in total. The van der Waals surface area contributed by atoms with E-state index in [0.29, 0.717) is 0 Å². The molecule has 0 amide bonds. The monoisotopic (exact) mass is 211 g/mol. The van der Waals surface area contributed by atoms with E-state index in [4.69, 9.17) is 0 Å². The highest BCUT2D eigenvalue weighted by Crippen LogP contribution is 2.01. The Hall–Kier alpha value is -0.870. The van der Waals surface area contributed by atoms with Crippen LogP contribution in [-0.2, 0) is 13.6 Å². The first-order valence-corrected chi connectivity index (χ1v) is 5.51. The highest BCUT2D eigenvalue weighted by atomic mass is 16.3. The van der Waals surface area contributed by atoms with Gasteiger partial charge in [0.25, 0.3) is 0 Å². The van der Waals surface area contributed by atoms with Crippen molar-refractivity contribution in [3.05, 3.63) is 17.5 Å². The molecule has 0 aliphatic heterocycles. The second-order valence-corrected chi connectivity index (χ2v) is 3.93. The van der Waals surface area contributed by atoms with Crippen molar-refractivity contribution in [3.8, 4) is 0 Å². The van der Waals surface area contributed by atoms with Crippen LogP contribution in [0, 0.1) is 6.92 Å². The van der Waals surface area contributed by atoms with E-state index >= 15 is 0 Å². The van der Waals surface area contributed by atoms with Gasteiger partial charge in [-0.2, -0.15) is 5.10 Å². The Morgan fingerprint density at radius 3 is 2.87 bits per heavy atom. The van der Waals surface area contributed by atoms with Crippen LogP contribution in [0.4, 0.5) is 0 Å². The molecule has 86 valence electrons. The van der Waals surface area contributed by atoms with Crippen LogP contribution < -0.4 is 5.32 Å². The van der Waals surface area contributed by atoms with Crippen LogP contribution in [0.1, 0.15) is 31.2 Å². The zero-order chi connectivity index (χ0) is 11.3. The van der Waals surface area contributed by atoms with Crippen molar-refractivity contribution in [3.63, 3.8) is 0 Å². The Bertz CT molecular complexity index is 296. The van der Waals surface area contributed by atoms with Gasteiger partial charge in [-0.1, -0.05) is 6.92 Å². The Morgan fingerprint density at radius 2 is 2.33 bits per heavy atom. The fraction of sp³-hybridized carbons (Fsp3) is 0.727. The number of nitrogens with zero attached hydrogens (tertiary/aromatic N) is 2. The summed E-state index contributed by atoms with van der Waals surface area (Å²) >= 11 is 0. The van der Waals surface area contributed by atoms with Crippen molar-refractivity contribution in [2.75, 3.05) is 6.54 Å². The fourth-order valence-electron chi connectivity index (χ4n) is 1.52. The van der Waals surface area contributed by atoms with Crippen molar-refractivity contribution in [2.24, 2.45) is 7.05 Å². The molecule has 0 aromatic carbocycles. The van der Waals surface area contributed by atoms with Gasteiger partial charge in [0.2, 0.25) is 0 Å². The third-order valence-electron chi connectivity index (χ3n) is 2.53. The number of nitrogens with one attached hydrogen (secondary N) is 1. The molecule has 0 saturated heterocycles. The minimum Gasteiger partial charge on any atom is -0.393 e. The van der Waals surface area contributed by atoms with Crippen LogP contribution in [0.15, 0.2) is 6.07 Å². The number of aliphatic hydroxyl groups excluding tert-OH is 1. The second kappa shape index (κ2) is 5.88. The largest absolute Gasteiger partial charge is 0.393 e. The zero-order valence-corrected chi connectivity index (χ0v) is 9.82. The standard InChI is InChI=1S/C11H21N3O/c1-4-11(15)5-6-12-8-10-7-9(2)13-14(10)3/h7,11-12,15H,4-6,8H2,1-3H3. The summed E-state index contributed by atoms with van der Waals surface area (Å²) in [5.74, 6) is 0. The summed E-state index contributed by atoms with van der Waals surface area (Å²) in [7, 11) is 1.95. The Labute approximate surface area is 91.3 Å². The van der Waals surface area contributed by atoms with Crippen molar-refractivity contribution in [1.29, 1.82) is 0 Å². The van der Waals surface area contributed by atoms with Crippen LogP contribution in [0.3, 0.4) is 0 Å². The molecule has 0 radical (unpaired) electrons. The van der Waals surface area contributed by atoms with Crippen LogP contribution >= 0.6 is 0 Å². The summed E-state index contributed by atoms with van der Waals surface area (Å²) in [5, 5.41) is 16.9. The molecule has 15 heavy (non-hydrogen) atoms. The minimum atomic E-state index is -0.175. The number of hydrogen-bond donors (Lipinski definition) is 2. The highest BCUT2D eigenvalue weighted by Gasteiger charge is 2.02. The van der Waals surface area contributed by atoms with Crippen molar-refractivity contribution in [1.82, 2.24) is 15.1 Å². The first-order valence-electron chi connectivity index (χ1n) is 5.51. The minimum absolute atomic E-state index is 0.175. The molecule has 0 fully saturated rings. The Morgan fingerprint density at radius 1 is 1.60 bits per heavy atom. The van der Waals surface area contributed by atoms with Gasteiger partial charge in [-0.15, -0.1) is 0 Å². The summed E-state index contributed by atoms with van der Waals surface area (Å²) in [4.78, 5) is 0. The molecular weight excluding hydrogens is 190 g/mol. The number of aromatic nitrogens is 2. The second-order valence-electron chi connectivity index (χ2n) is 3.93. The maximum absolute atomic E-state index is 9.36. The lowest BCUT2D eigenvalue weighted by Crippen LogP contribution is -2.21. The SMILES string of the molecule is CCC(O)CCNCc1cc(C)nn1C. The molecule has 0 bridgehead atoms. The van der Waals surface area contributed by atoms with E-state index in [-0.39, 0.29) is 6.10 Å². The molecule has 0 aliphatic rings. The number of hydrogen-bond acceptors (Lipinski definition) is 3. The van der Waals surface area contributed by atoms with Gasteiger partial charge in [-0.25, -0.2) is 0 Å². The van der Waals surface area contributed by atoms with Crippen LogP contribution in [0.2, 0.25) is 0 Å². The summed E-state index contributed by atoms with van der Waals surface area (Å²) in [6.07, 6.45) is 1.46. The lowest BCUT2D eigenvalue weighted by molar-refractivity contribution is 0.159. The van der Waals surface area contributed by atoms with E-state index in [2.05, 4.69) is 16.5 Å². The van der Waals surface area contributed by atoms with Gasteiger partial charge in [-0.05, 0) is 32.4 Å². The lowest BCUT2D eigenvalue weighted by Gasteiger charge is -2.08. The topological polar surface area (TPSA) is 50.1 Å². The van der Waals surface area contributed by atoms with Gasteiger partial charge in [-0.3, -0.25) is 4.68 Å². The zero-order valence-electron chi connectivity index (χ0n) is 9.82. The Balaban J connectivity index is 2.23. The molecule has 4 nitrogen and oxygen atoms in total. The first kappa shape index (κ1) is 12.2. The molecule has 1 aromatic rings. The van der Waals surface area contributed by atoms with Gasteiger partial charge in [0.05, 0.1) is 17.5 Å². The average Bonchev–Trinajstić information content (AvgIpc) is 2.52. The van der Waals surface area contributed by atoms with Crippen LogP contribution in [0.5, 0.6) is 0 Å². The average molecular weight is 211 g/mol. The van der Waals surface area contributed by atoms with Gasteiger partial charge in [0.1, 0.15) is 0 Å². The normalized spacial score (nSPS) is 13.1. The molecule has 0 saturated carbocycles.